The fraction of sp³-hybridized carbons (Fsp3) is 0.647. The maximum atomic E-state index is 5.75. The number of hydrogen-bond acceptors (Lipinski definition) is 3. The van der Waals surface area contributed by atoms with E-state index in [1.54, 1.807) is 0 Å². The molecule has 0 amide bonds. The van der Waals surface area contributed by atoms with Gasteiger partial charge in [-0.2, -0.15) is 0 Å². The van der Waals surface area contributed by atoms with Crippen LogP contribution in [0.2, 0.25) is 0 Å². The molecule has 0 aromatic heterocycles. The highest BCUT2D eigenvalue weighted by Gasteiger charge is 2.38. The van der Waals surface area contributed by atoms with Crippen molar-refractivity contribution in [3.8, 4) is 5.75 Å². The summed E-state index contributed by atoms with van der Waals surface area (Å²) >= 11 is 0. The molecule has 0 aliphatic carbocycles. The molecule has 2 aliphatic rings. The molecule has 2 saturated heterocycles. The third-order valence-corrected chi connectivity index (χ3v) is 4.85. The molecule has 1 aromatic carbocycles. The van der Waals surface area contributed by atoms with Gasteiger partial charge in [-0.25, -0.2) is 0 Å². The van der Waals surface area contributed by atoms with Crippen molar-refractivity contribution in [1.82, 2.24) is 10.2 Å². The highest BCUT2D eigenvalue weighted by Crippen LogP contribution is 2.39. The predicted octanol–water partition coefficient (Wildman–Crippen LogP) is 3.08. The first kappa shape index (κ1) is 16.6. The summed E-state index contributed by atoms with van der Waals surface area (Å²) in [5.74, 6) is 1.06. The van der Waals surface area contributed by atoms with Crippen molar-refractivity contribution in [2.45, 2.75) is 32.7 Å². The molecule has 4 heteroatoms. The molecule has 0 radical (unpaired) electrons. The van der Waals surface area contributed by atoms with Crippen LogP contribution in [-0.4, -0.2) is 37.7 Å². The van der Waals surface area contributed by atoms with Crippen molar-refractivity contribution >= 4 is 12.4 Å². The van der Waals surface area contributed by atoms with Gasteiger partial charge in [-0.1, -0.05) is 18.2 Å². The first-order chi connectivity index (χ1) is 9.81. The maximum absolute atomic E-state index is 5.75. The first-order valence-corrected chi connectivity index (χ1v) is 7.95. The van der Waals surface area contributed by atoms with Crippen molar-refractivity contribution in [1.29, 1.82) is 0 Å². The van der Waals surface area contributed by atoms with E-state index in [-0.39, 0.29) is 12.4 Å². The summed E-state index contributed by atoms with van der Waals surface area (Å²) in [6.45, 7) is 8.72. The summed E-state index contributed by atoms with van der Waals surface area (Å²) < 4.78 is 5.75. The van der Waals surface area contributed by atoms with E-state index < -0.39 is 0 Å². The molecule has 0 atom stereocenters. The number of para-hydroxylation sites is 1. The molecule has 2 fully saturated rings. The highest BCUT2D eigenvalue weighted by molar-refractivity contribution is 5.85. The van der Waals surface area contributed by atoms with Gasteiger partial charge in [0.15, 0.2) is 0 Å². The fourth-order valence-electron chi connectivity index (χ4n) is 3.70. The van der Waals surface area contributed by atoms with Gasteiger partial charge in [-0.05, 0) is 57.3 Å². The Balaban J connectivity index is 0.00000161. The second-order valence-corrected chi connectivity index (χ2v) is 6.25. The van der Waals surface area contributed by atoms with Crippen LogP contribution in [0, 0.1) is 5.41 Å². The fourth-order valence-corrected chi connectivity index (χ4v) is 3.70. The second-order valence-electron chi connectivity index (χ2n) is 6.25. The Labute approximate surface area is 134 Å². The van der Waals surface area contributed by atoms with E-state index >= 15 is 0 Å². The molecular weight excluding hydrogens is 284 g/mol. The van der Waals surface area contributed by atoms with Crippen LogP contribution in [-0.2, 0) is 6.54 Å². The Morgan fingerprint density at radius 2 is 1.95 bits per heavy atom. The van der Waals surface area contributed by atoms with Gasteiger partial charge in [0.05, 0.1) is 6.61 Å². The quantitative estimate of drug-likeness (QED) is 0.925. The van der Waals surface area contributed by atoms with Crippen molar-refractivity contribution in [3.05, 3.63) is 29.8 Å². The molecule has 118 valence electrons. The zero-order valence-corrected chi connectivity index (χ0v) is 13.8. The number of likely N-dealkylation sites (tertiary alicyclic amines) is 1. The normalized spacial score (nSPS) is 21.2. The van der Waals surface area contributed by atoms with Gasteiger partial charge in [0.2, 0.25) is 0 Å². The molecule has 3 nitrogen and oxygen atoms in total. The molecule has 0 bridgehead atoms. The molecule has 0 saturated carbocycles. The molecular formula is C17H27ClN2O. The van der Waals surface area contributed by atoms with Crippen molar-refractivity contribution in [2.24, 2.45) is 5.41 Å². The van der Waals surface area contributed by atoms with Crippen LogP contribution in [0.1, 0.15) is 31.7 Å². The van der Waals surface area contributed by atoms with E-state index in [1.807, 2.05) is 0 Å². The number of rotatable bonds is 4. The Morgan fingerprint density at radius 1 is 1.19 bits per heavy atom. The lowest BCUT2D eigenvalue weighted by Crippen LogP contribution is -2.38. The van der Waals surface area contributed by atoms with Crippen molar-refractivity contribution in [3.63, 3.8) is 0 Å². The van der Waals surface area contributed by atoms with E-state index in [4.69, 9.17) is 4.74 Å². The minimum Gasteiger partial charge on any atom is -0.494 e. The smallest absolute Gasteiger partial charge is 0.123 e. The average Bonchev–Trinajstić information content (AvgIpc) is 2.85. The maximum Gasteiger partial charge on any atom is 0.123 e. The second kappa shape index (κ2) is 7.48. The zero-order valence-electron chi connectivity index (χ0n) is 12.9. The van der Waals surface area contributed by atoms with E-state index in [2.05, 4.69) is 41.4 Å². The van der Waals surface area contributed by atoms with Gasteiger partial charge in [0.25, 0.3) is 0 Å². The van der Waals surface area contributed by atoms with Crippen LogP contribution < -0.4 is 10.1 Å². The van der Waals surface area contributed by atoms with Crippen LogP contribution in [0.5, 0.6) is 5.75 Å². The van der Waals surface area contributed by atoms with E-state index in [1.165, 1.54) is 51.0 Å². The van der Waals surface area contributed by atoms with Crippen LogP contribution >= 0.6 is 12.4 Å². The van der Waals surface area contributed by atoms with E-state index in [0.29, 0.717) is 5.41 Å². The van der Waals surface area contributed by atoms with Crippen LogP contribution in [0.4, 0.5) is 0 Å². The minimum absolute atomic E-state index is 0. The van der Waals surface area contributed by atoms with Gasteiger partial charge in [-0.15, -0.1) is 12.4 Å². The van der Waals surface area contributed by atoms with Crippen LogP contribution in [0.15, 0.2) is 24.3 Å². The summed E-state index contributed by atoms with van der Waals surface area (Å²) in [4.78, 5) is 2.61. The van der Waals surface area contributed by atoms with Crippen LogP contribution in [0.3, 0.4) is 0 Å². The predicted molar refractivity (Wildman–Crippen MR) is 89.3 cm³/mol. The summed E-state index contributed by atoms with van der Waals surface area (Å²) in [7, 11) is 0. The van der Waals surface area contributed by atoms with Gasteiger partial charge >= 0.3 is 0 Å². The van der Waals surface area contributed by atoms with Gasteiger partial charge < -0.3 is 10.1 Å². The molecule has 1 N–H and O–H groups in total. The molecule has 2 heterocycles. The number of hydrogen-bond donors (Lipinski definition) is 1. The Kier molecular flexibility index (Phi) is 5.91. The number of nitrogens with zero attached hydrogens (tertiary/aromatic N) is 1. The average molecular weight is 311 g/mol. The number of benzene rings is 1. The largest absolute Gasteiger partial charge is 0.494 e. The molecule has 1 spiro atoms. The lowest BCUT2D eigenvalue weighted by Gasteiger charge is -2.34. The minimum atomic E-state index is 0. The van der Waals surface area contributed by atoms with Crippen molar-refractivity contribution in [2.75, 3.05) is 32.8 Å². The summed E-state index contributed by atoms with van der Waals surface area (Å²) in [5, 5.41) is 3.49. The van der Waals surface area contributed by atoms with E-state index in [9.17, 15) is 0 Å². The molecule has 2 aliphatic heterocycles. The van der Waals surface area contributed by atoms with Crippen LogP contribution in [0.25, 0.3) is 0 Å². The highest BCUT2D eigenvalue weighted by atomic mass is 35.5. The van der Waals surface area contributed by atoms with Crippen molar-refractivity contribution < 1.29 is 4.74 Å². The van der Waals surface area contributed by atoms with E-state index in [0.717, 1.165) is 18.9 Å². The third-order valence-electron chi connectivity index (χ3n) is 4.85. The standard InChI is InChI=1S/C17H26N2O.ClH/c1-2-20-16-6-4-3-5-15(16)13-19-12-9-17(14-19)7-10-18-11-8-17;/h3-6,18H,2,7-14H2,1H3;1H. The molecule has 1 aromatic rings. The third kappa shape index (κ3) is 3.91. The molecule has 0 unspecified atom stereocenters. The Bertz CT molecular complexity index is 446. The SMILES string of the molecule is CCOc1ccccc1CN1CCC2(CCNCC2)C1.Cl. The topological polar surface area (TPSA) is 24.5 Å². The summed E-state index contributed by atoms with van der Waals surface area (Å²) in [6.07, 6.45) is 4.05. The zero-order chi connectivity index (χ0) is 13.8. The first-order valence-electron chi connectivity index (χ1n) is 7.95. The van der Waals surface area contributed by atoms with Gasteiger partial charge in [-0.3, -0.25) is 4.90 Å². The lowest BCUT2D eigenvalue weighted by atomic mass is 9.78. The van der Waals surface area contributed by atoms with Gasteiger partial charge in [0.1, 0.15) is 5.75 Å². The summed E-state index contributed by atoms with van der Waals surface area (Å²) in [6, 6.07) is 8.48. The number of nitrogens with one attached hydrogen (secondary N) is 1. The molecule has 3 rings (SSSR count). The monoisotopic (exact) mass is 310 g/mol. The number of piperidine rings is 1. The van der Waals surface area contributed by atoms with Gasteiger partial charge in [0, 0.05) is 18.7 Å². The number of ether oxygens (including phenoxy) is 1. The molecule has 21 heavy (non-hydrogen) atoms. The number of halogens is 1. The lowest BCUT2D eigenvalue weighted by molar-refractivity contribution is 0.193. The summed E-state index contributed by atoms with van der Waals surface area (Å²) in [5.41, 5.74) is 1.92. The Hall–Kier alpha value is -0.770. The Morgan fingerprint density at radius 3 is 2.71 bits per heavy atom.